The number of carbonyl (C=O) groups excluding carboxylic acids is 2. The van der Waals surface area contributed by atoms with E-state index in [4.69, 9.17) is 0 Å². The van der Waals surface area contributed by atoms with Crippen molar-refractivity contribution in [2.24, 2.45) is 0 Å². The first-order valence-electron chi connectivity index (χ1n) is 12.8. The molecule has 2 amide bonds. The summed E-state index contributed by atoms with van der Waals surface area (Å²) >= 11 is 3.38. The number of halogens is 4. The van der Waals surface area contributed by atoms with Gasteiger partial charge in [0, 0.05) is 17.1 Å². The van der Waals surface area contributed by atoms with E-state index in [0.29, 0.717) is 22.4 Å². The standard InChI is InChI=1S/C29H31BrF3N3O4S/c1-4-20(2)34-28(38)21(3)35(18-22-10-8-12-24(30)16-22)27(37)19-36(41(39,40)26-14-6-5-7-15-26)25-13-9-11-23(17-25)29(31,32)33/h5-17,20-21H,4,18-19H2,1-3H3,(H,34,38)/t20-,21-/m0/s1. The number of sulfonamides is 1. The molecule has 41 heavy (non-hydrogen) atoms. The summed E-state index contributed by atoms with van der Waals surface area (Å²) in [6.07, 6.45) is -4.09. The van der Waals surface area contributed by atoms with Crippen LogP contribution in [0.3, 0.4) is 0 Å². The van der Waals surface area contributed by atoms with Crippen molar-refractivity contribution in [2.45, 2.75) is 56.9 Å². The van der Waals surface area contributed by atoms with E-state index in [-0.39, 0.29) is 23.2 Å². The summed E-state index contributed by atoms with van der Waals surface area (Å²) in [7, 11) is -4.48. The molecule has 0 fully saturated rings. The monoisotopic (exact) mass is 653 g/mol. The van der Waals surface area contributed by atoms with Gasteiger partial charge in [0.1, 0.15) is 12.6 Å². The van der Waals surface area contributed by atoms with Gasteiger partial charge in [-0.3, -0.25) is 13.9 Å². The third kappa shape index (κ3) is 8.32. The zero-order valence-electron chi connectivity index (χ0n) is 22.7. The van der Waals surface area contributed by atoms with Gasteiger partial charge in [-0.25, -0.2) is 8.42 Å². The molecule has 0 spiro atoms. The van der Waals surface area contributed by atoms with E-state index in [1.54, 1.807) is 30.3 Å². The van der Waals surface area contributed by atoms with Crippen molar-refractivity contribution in [1.29, 1.82) is 0 Å². The lowest BCUT2D eigenvalue weighted by Gasteiger charge is -2.32. The fourth-order valence-electron chi connectivity index (χ4n) is 3.97. The number of amides is 2. The predicted octanol–water partition coefficient (Wildman–Crippen LogP) is 6.00. The molecule has 0 saturated heterocycles. The molecule has 0 unspecified atom stereocenters. The first-order chi connectivity index (χ1) is 19.2. The van der Waals surface area contributed by atoms with Crippen LogP contribution >= 0.6 is 15.9 Å². The molecule has 3 rings (SSSR count). The summed E-state index contributed by atoms with van der Waals surface area (Å²) < 4.78 is 69.5. The lowest BCUT2D eigenvalue weighted by molar-refractivity contribution is -0.139. The van der Waals surface area contributed by atoms with E-state index in [2.05, 4.69) is 21.2 Å². The smallest absolute Gasteiger partial charge is 0.352 e. The van der Waals surface area contributed by atoms with Crippen LogP contribution in [0.1, 0.15) is 38.3 Å². The fourth-order valence-corrected chi connectivity index (χ4v) is 5.84. The van der Waals surface area contributed by atoms with Crippen molar-refractivity contribution in [3.05, 3.63) is 94.5 Å². The summed E-state index contributed by atoms with van der Waals surface area (Å²) in [5.74, 6) is -1.21. The maximum atomic E-state index is 13.9. The molecule has 0 aliphatic carbocycles. The highest BCUT2D eigenvalue weighted by atomic mass is 79.9. The van der Waals surface area contributed by atoms with Crippen LogP contribution in [0.2, 0.25) is 0 Å². The zero-order valence-corrected chi connectivity index (χ0v) is 25.1. The van der Waals surface area contributed by atoms with E-state index in [9.17, 15) is 31.2 Å². The topological polar surface area (TPSA) is 86.8 Å². The van der Waals surface area contributed by atoms with Crippen LogP contribution in [-0.2, 0) is 32.3 Å². The van der Waals surface area contributed by atoms with Crippen LogP contribution < -0.4 is 9.62 Å². The molecule has 1 N–H and O–H groups in total. The Labute approximate surface area is 246 Å². The van der Waals surface area contributed by atoms with Crippen molar-refractivity contribution >= 4 is 43.5 Å². The molecule has 12 heteroatoms. The van der Waals surface area contributed by atoms with E-state index in [1.807, 2.05) is 13.8 Å². The van der Waals surface area contributed by atoms with Gasteiger partial charge in [0.15, 0.2) is 0 Å². The number of rotatable bonds is 11. The minimum absolute atomic E-state index is 0.0464. The molecule has 0 saturated carbocycles. The number of carbonyl (C=O) groups is 2. The minimum Gasteiger partial charge on any atom is -0.352 e. The van der Waals surface area contributed by atoms with E-state index in [0.717, 1.165) is 16.6 Å². The number of anilines is 1. The van der Waals surface area contributed by atoms with E-state index >= 15 is 0 Å². The number of hydrogen-bond donors (Lipinski definition) is 1. The van der Waals surface area contributed by atoms with Crippen molar-refractivity contribution in [3.63, 3.8) is 0 Å². The normalized spacial score (nSPS) is 13.2. The van der Waals surface area contributed by atoms with Crippen LogP contribution in [0.25, 0.3) is 0 Å². The van der Waals surface area contributed by atoms with E-state index < -0.39 is 46.2 Å². The molecular weight excluding hydrogens is 623 g/mol. The lowest BCUT2D eigenvalue weighted by atomic mass is 10.1. The van der Waals surface area contributed by atoms with E-state index in [1.165, 1.54) is 42.2 Å². The van der Waals surface area contributed by atoms with Crippen molar-refractivity contribution in [2.75, 3.05) is 10.8 Å². The molecule has 0 aliphatic rings. The Morgan fingerprint density at radius 3 is 2.22 bits per heavy atom. The highest BCUT2D eigenvalue weighted by Crippen LogP contribution is 2.33. The summed E-state index contributed by atoms with van der Waals surface area (Å²) in [6.45, 7) is 4.34. The number of benzene rings is 3. The Bertz CT molecular complexity index is 1470. The second kappa shape index (κ2) is 13.5. The van der Waals surface area contributed by atoms with Crippen LogP contribution in [-0.4, -0.2) is 43.8 Å². The Morgan fingerprint density at radius 2 is 1.61 bits per heavy atom. The maximum absolute atomic E-state index is 13.9. The van der Waals surface area contributed by atoms with Gasteiger partial charge in [0.2, 0.25) is 11.8 Å². The number of nitrogens with zero attached hydrogens (tertiary/aromatic N) is 2. The van der Waals surface area contributed by atoms with Crippen molar-refractivity contribution in [1.82, 2.24) is 10.2 Å². The summed E-state index contributed by atoms with van der Waals surface area (Å²) in [4.78, 5) is 28.0. The van der Waals surface area contributed by atoms with Crippen molar-refractivity contribution < 1.29 is 31.2 Å². The zero-order chi connectivity index (χ0) is 30.4. The molecule has 0 radical (unpaired) electrons. The van der Waals surface area contributed by atoms with Gasteiger partial charge in [0.05, 0.1) is 16.1 Å². The SMILES string of the molecule is CC[C@H](C)NC(=O)[C@H](C)N(Cc1cccc(Br)c1)C(=O)CN(c1cccc(C(F)(F)F)c1)S(=O)(=O)c1ccccc1. The second-order valence-corrected chi connectivity index (χ2v) is 12.3. The molecule has 3 aromatic rings. The molecule has 3 aromatic carbocycles. The van der Waals surface area contributed by atoms with Gasteiger partial charge in [-0.05, 0) is 68.3 Å². The first-order valence-corrected chi connectivity index (χ1v) is 15.1. The number of hydrogen-bond acceptors (Lipinski definition) is 4. The molecule has 220 valence electrons. The number of alkyl halides is 3. The van der Waals surface area contributed by atoms with Crippen LogP contribution in [0.15, 0.2) is 88.2 Å². The lowest BCUT2D eigenvalue weighted by Crippen LogP contribution is -2.52. The Morgan fingerprint density at radius 1 is 0.951 bits per heavy atom. The molecule has 0 bridgehead atoms. The predicted molar refractivity (Wildman–Crippen MR) is 154 cm³/mol. The van der Waals surface area contributed by atoms with Crippen LogP contribution in [0.5, 0.6) is 0 Å². The first kappa shape index (κ1) is 32.1. The molecule has 0 aliphatic heterocycles. The molecular formula is C29H31BrF3N3O4S. The number of nitrogens with one attached hydrogen (secondary N) is 1. The average Bonchev–Trinajstić information content (AvgIpc) is 2.94. The Balaban J connectivity index is 2.08. The Hall–Kier alpha value is -3.38. The highest BCUT2D eigenvalue weighted by Gasteiger charge is 2.35. The summed E-state index contributed by atoms with van der Waals surface area (Å²) in [5.41, 5.74) is -0.744. The highest BCUT2D eigenvalue weighted by molar-refractivity contribution is 9.10. The van der Waals surface area contributed by atoms with Gasteiger partial charge in [0.25, 0.3) is 10.0 Å². The average molecular weight is 655 g/mol. The summed E-state index contributed by atoms with van der Waals surface area (Å²) in [6, 6.07) is 16.8. The van der Waals surface area contributed by atoms with Crippen LogP contribution in [0.4, 0.5) is 18.9 Å². The quantitative estimate of drug-likeness (QED) is 0.275. The van der Waals surface area contributed by atoms with Gasteiger partial charge >= 0.3 is 6.18 Å². The van der Waals surface area contributed by atoms with Crippen LogP contribution in [0, 0.1) is 0 Å². The third-order valence-electron chi connectivity index (χ3n) is 6.48. The minimum atomic E-state index is -4.74. The molecule has 0 heterocycles. The van der Waals surface area contributed by atoms with Gasteiger partial charge in [-0.2, -0.15) is 13.2 Å². The van der Waals surface area contributed by atoms with Crippen molar-refractivity contribution in [3.8, 4) is 0 Å². The molecule has 2 atom stereocenters. The third-order valence-corrected chi connectivity index (χ3v) is 8.76. The van der Waals surface area contributed by atoms with Gasteiger partial charge in [-0.1, -0.05) is 59.3 Å². The molecule has 0 aromatic heterocycles. The summed E-state index contributed by atoms with van der Waals surface area (Å²) in [5, 5.41) is 2.83. The Kier molecular flexibility index (Phi) is 10.6. The second-order valence-electron chi connectivity index (χ2n) is 9.52. The molecule has 7 nitrogen and oxygen atoms in total. The maximum Gasteiger partial charge on any atom is 0.416 e. The van der Waals surface area contributed by atoms with Gasteiger partial charge in [-0.15, -0.1) is 0 Å². The largest absolute Gasteiger partial charge is 0.416 e. The fraction of sp³-hybridized carbons (Fsp3) is 0.310. The van der Waals surface area contributed by atoms with Gasteiger partial charge < -0.3 is 10.2 Å².